The average molecular weight is 294 g/mol. The molecule has 0 amide bonds. The van der Waals surface area contributed by atoms with Gasteiger partial charge < -0.3 is 5.11 Å². The van der Waals surface area contributed by atoms with Gasteiger partial charge in [-0.3, -0.25) is 4.79 Å². The Bertz CT molecular complexity index is 443. The molecular formula is C10H7BrClFO2. The van der Waals surface area contributed by atoms with E-state index < -0.39 is 17.2 Å². The smallest absolute Gasteiger partial charge is 0.314 e. The molecule has 1 N–H and O–H groups in total. The fourth-order valence-corrected chi connectivity index (χ4v) is 2.41. The number of rotatable bonds is 2. The van der Waals surface area contributed by atoms with E-state index in [1.165, 1.54) is 6.07 Å². The van der Waals surface area contributed by atoms with Crippen LogP contribution in [0.5, 0.6) is 0 Å². The molecule has 0 saturated heterocycles. The van der Waals surface area contributed by atoms with Crippen molar-refractivity contribution < 1.29 is 14.3 Å². The summed E-state index contributed by atoms with van der Waals surface area (Å²) >= 11 is 8.80. The normalized spacial score (nSPS) is 17.5. The number of hydrogen-bond donors (Lipinski definition) is 1. The summed E-state index contributed by atoms with van der Waals surface area (Å²) in [6.45, 7) is 0. The van der Waals surface area contributed by atoms with Crippen LogP contribution in [0.15, 0.2) is 16.6 Å². The van der Waals surface area contributed by atoms with Crippen LogP contribution in [0.25, 0.3) is 0 Å². The Morgan fingerprint density at radius 2 is 2.13 bits per heavy atom. The standard InChI is InChI=1S/C10H7BrClFO2/c11-6-2-1-5(7(12)8(6)13)10(3-4-10)9(14)15/h1-2H,3-4H2,(H,14,15). The molecule has 0 radical (unpaired) electrons. The Balaban J connectivity index is 2.55. The first kappa shape index (κ1) is 10.9. The monoisotopic (exact) mass is 292 g/mol. The van der Waals surface area contributed by atoms with E-state index in [-0.39, 0.29) is 9.50 Å². The molecule has 0 heterocycles. The van der Waals surface area contributed by atoms with E-state index in [1.54, 1.807) is 6.07 Å². The number of benzene rings is 1. The van der Waals surface area contributed by atoms with Crippen molar-refractivity contribution in [3.63, 3.8) is 0 Å². The highest BCUT2D eigenvalue weighted by Gasteiger charge is 2.53. The van der Waals surface area contributed by atoms with E-state index >= 15 is 0 Å². The zero-order chi connectivity index (χ0) is 11.2. The molecule has 2 rings (SSSR count). The van der Waals surface area contributed by atoms with Gasteiger partial charge in [0, 0.05) is 0 Å². The summed E-state index contributed by atoms with van der Waals surface area (Å²) in [4.78, 5) is 11.0. The first-order valence-electron chi connectivity index (χ1n) is 4.36. The number of hydrogen-bond acceptors (Lipinski definition) is 1. The van der Waals surface area contributed by atoms with Crippen LogP contribution in [0, 0.1) is 5.82 Å². The van der Waals surface area contributed by atoms with Gasteiger partial charge in [-0.15, -0.1) is 0 Å². The van der Waals surface area contributed by atoms with E-state index in [4.69, 9.17) is 16.7 Å². The Morgan fingerprint density at radius 3 is 2.60 bits per heavy atom. The predicted octanol–water partition coefficient (Wildman–Crippen LogP) is 3.36. The topological polar surface area (TPSA) is 37.3 Å². The average Bonchev–Trinajstić information content (AvgIpc) is 2.95. The number of halogens is 3. The number of carbonyl (C=O) groups is 1. The summed E-state index contributed by atoms with van der Waals surface area (Å²) in [7, 11) is 0. The maximum absolute atomic E-state index is 13.4. The van der Waals surface area contributed by atoms with Gasteiger partial charge in [0.25, 0.3) is 0 Å². The van der Waals surface area contributed by atoms with Gasteiger partial charge in [-0.05, 0) is 40.4 Å². The Labute approximate surface area is 99.2 Å². The SMILES string of the molecule is O=C(O)C1(c2ccc(Br)c(F)c2Cl)CC1. The van der Waals surface area contributed by atoms with Crippen LogP contribution >= 0.6 is 27.5 Å². The molecule has 5 heteroatoms. The minimum Gasteiger partial charge on any atom is -0.481 e. The Morgan fingerprint density at radius 1 is 1.53 bits per heavy atom. The van der Waals surface area contributed by atoms with Crippen LogP contribution in [0.1, 0.15) is 18.4 Å². The highest BCUT2D eigenvalue weighted by molar-refractivity contribution is 9.10. The van der Waals surface area contributed by atoms with Crippen LogP contribution in [0.4, 0.5) is 4.39 Å². The van der Waals surface area contributed by atoms with Gasteiger partial charge in [-0.25, -0.2) is 4.39 Å². The molecule has 15 heavy (non-hydrogen) atoms. The first-order valence-corrected chi connectivity index (χ1v) is 5.53. The van der Waals surface area contributed by atoms with Gasteiger partial charge in [0.2, 0.25) is 0 Å². The van der Waals surface area contributed by atoms with E-state index in [0.717, 1.165) is 0 Å². The summed E-state index contributed by atoms with van der Waals surface area (Å²) in [5, 5.41) is 8.96. The largest absolute Gasteiger partial charge is 0.481 e. The fourth-order valence-electron chi connectivity index (χ4n) is 1.62. The second-order valence-corrected chi connectivity index (χ2v) is 4.84. The predicted molar refractivity (Wildman–Crippen MR) is 57.7 cm³/mol. The van der Waals surface area contributed by atoms with Crippen molar-refractivity contribution in [1.29, 1.82) is 0 Å². The molecule has 1 aromatic carbocycles. The molecule has 2 nitrogen and oxygen atoms in total. The maximum Gasteiger partial charge on any atom is 0.314 e. The molecule has 1 aliphatic carbocycles. The first-order chi connectivity index (χ1) is 6.99. The third kappa shape index (κ3) is 1.56. The lowest BCUT2D eigenvalue weighted by molar-refractivity contribution is -0.140. The van der Waals surface area contributed by atoms with Gasteiger partial charge >= 0.3 is 5.97 Å². The summed E-state index contributed by atoms with van der Waals surface area (Å²) in [6.07, 6.45) is 1.03. The quantitative estimate of drug-likeness (QED) is 0.849. The van der Waals surface area contributed by atoms with Crippen LogP contribution in [-0.2, 0) is 10.2 Å². The van der Waals surface area contributed by atoms with Crippen molar-refractivity contribution >= 4 is 33.5 Å². The lowest BCUT2D eigenvalue weighted by atomic mass is 9.96. The molecule has 0 bridgehead atoms. The molecule has 80 valence electrons. The third-order valence-corrected chi connectivity index (χ3v) is 3.69. The maximum atomic E-state index is 13.4. The van der Waals surface area contributed by atoms with Gasteiger partial charge in [0.05, 0.1) is 14.9 Å². The van der Waals surface area contributed by atoms with E-state index in [2.05, 4.69) is 15.9 Å². The molecule has 1 fully saturated rings. The van der Waals surface area contributed by atoms with E-state index in [0.29, 0.717) is 18.4 Å². The third-order valence-electron chi connectivity index (χ3n) is 2.71. The molecular weight excluding hydrogens is 286 g/mol. The lowest BCUT2D eigenvalue weighted by Crippen LogP contribution is -2.20. The molecule has 1 aromatic rings. The molecule has 0 atom stereocenters. The lowest BCUT2D eigenvalue weighted by Gasteiger charge is -2.13. The molecule has 0 aliphatic heterocycles. The van der Waals surface area contributed by atoms with Crippen LogP contribution < -0.4 is 0 Å². The van der Waals surface area contributed by atoms with E-state index in [9.17, 15) is 9.18 Å². The van der Waals surface area contributed by atoms with Crippen molar-refractivity contribution in [2.24, 2.45) is 0 Å². The second-order valence-electron chi connectivity index (χ2n) is 3.61. The molecule has 0 spiro atoms. The number of carboxylic acids is 1. The second kappa shape index (κ2) is 3.46. The molecule has 1 saturated carbocycles. The van der Waals surface area contributed by atoms with Gasteiger partial charge in [-0.1, -0.05) is 17.7 Å². The van der Waals surface area contributed by atoms with Gasteiger partial charge in [0.1, 0.15) is 0 Å². The minimum atomic E-state index is -0.960. The highest BCUT2D eigenvalue weighted by atomic mass is 79.9. The Kier molecular flexibility index (Phi) is 2.51. The van der Waals surface area contributed by atoms with Gasteiger partial charge in [-0.2, -0.15) is 0 Å². The minimum absolute atomic E-state index is 0.0933. The highest BCUT2D eigenvalue weighted by Crippen LogP contribution is 2.51. The van der Waals surface area contributed by atoms with Crippen LogP contribution in [-0.4, -0.2) is 11.1 Å². The summed E-state index contributed by atoms with van der Waals surface area (Å²) in [6, 6.07) is 3.05. The van der Waals surface area contributed by atoms with Crippen LogP contribution in [0.2, 0.25) is 5.02 Å². The van der Waals surface area contributed by atoms with Gasteiger partial charge in [0.15, 0.2) is 5.82 Å². The fraction of sp³-hybridized carbons (Fsp3) is 0.300. The van der Waals surface area contributed by atoms with Crippen molar-refractivity contribution in [3.05, 3.63) is 33.0 Å². The van der Waals surface area contributed by atoms with Crippen molar-refractivity contribution in [3.8, 4) is 0 Å². The number of carboxylic acid groups (broad SMARTS) is 1. The molecule has 0 aromatic heterocycles. The zero-order valence-corrected chi connectivity index (χ0v) is 9.90. The molecule has 0 unspecified atom stereocenters. The van der Waals surface area contributed by atoms with Crippen LogP contribution in [0.3, 0.4) is 0 Å². The van der Waals surface area contributed by atoms with E-state index in [1.807, 2.05) is 0 Å². The molecule has 1 aliphatic rings. The Hall–Kier alpha value is -0.610. The van der Waals surface area contributed by atoms with Crippen molar-refractivity contribution in [2.75, 3.05) is 0 Å². The number of aliphatic carboxylic acids is 1. The summed E-state index contributed by atoms with van der Waals surface area (Å²) in [5.41, 5.74) is -0.587. The van der Waals surface area contributed by atoms with Crippen molar-refractivity contribution in [1.82, 2.24) is 0 Å². The zero-order valence-electron chi connectivity index (χ0n) is 7.56. The summed E-state index contributed by atoms with van der Waals surface area (Å²) in [5.74, 6) is -1.53. The van der Waals surface area contributed by atoms with Crippen molar-refractivity contribution in [2.45, 2.75) is 18.3 Å². The summed E-state index contributed by atoms with van der Waals surface area (Å²) < 4.78 is 13.7.